The van der Waals surface area contributed by atoms with Crippen molar-refractivity contribution in [3.05, 3.63) is 29.6 Å². The lowest BCUT2D eigenvalue weighted by Gasteiger charge is -2.33. The van der Waals surface area contributed by atoms with Crippen molar-refractivity contribution >= 4 is 17.7 Å². The summed E-state index contributed by atoms with van der Waals surface area (Å²) in [5, 5.41) is 11.9. The Morgan fingerprint density at radius 1 is 1.48 bits per heavy atom. The van der Waals surface area contributed by atoms with E-state index in [1.807, 2.05) is 0 Å². The third-order valence-electron chi connectivity index (χ3n) is 4.08. The zero-order valence-electron chi connectivity index (χ0n) is 12.1. The first kappa shape index (κ1) is 15.3. The average molecular weight is 294 g/mol. The van der Waals surface area contributed by atoms with Crippen molar-refractivity contribution in [2.45, 2.75) is 38.6 Å². The zero-order chi connectivity index (χ0) is 15.6. The number of aliphatic carboxylic acids is 1. The minimum atomic E-state index is -1.19. The van der Waals surface area contributed by atoms with Gasteiger partial charge in [0.1, 0.15) is 11.4 Å². The fourth-order valence-corrected chi connectivity index (χ4v) is 2.82. The Morgan fingerprint density at radius 3 is 2.76 bits per heavy atom. The number of halogens is 1. The van der Waals surface area contributed by atoms with Crippen molar-refractivity contribution in [3.8, 4) is 0 Å². The van der Waals surface area contributed by atoms with Crippen molar-refractivity contribution in [1.29, 1.82) is 0 Å². The van der Waals surface area contributed by atoms with Gasteiger partial charge in [0.2, 0.25) is 0 Å². The quantitative estimate of drug-likeness (QED) is 0.900. The summed E-state index contributed by atoms with van der Waals surface area (Å²) in [4.78, 5) is 25.2. The zero-order valence-corrected chi connectivity index (χ0v) is 12.1. The van der Waals surface area contributed by atoms with E-state index >= 15 is 0 Å². The Hall–Kier alpha value is -2.11. The van der Waals surface area contributed by atoms with E-state index in [1.165, 1.54) is 17.0 Å². The van der Waals surface area contributed by atoms with E-state index in [4.69, 9.17) is 0 Å². The molecule has 2 amide bonds. The highest BCUT2D eigenvalue weighted by molar-refractivity contribution is 5.94. The van der Waals surface area contributed by atoms with E-state index in [0.717, 1.165) is 5.56 Å². The second-order valence-corrected chi connectivity index (χ2v) is 5.36. The van der Waals surface area contributed by atoms with Gasteiger partial charge >= 0.3 is 12.0 Å². The molecule has 0 aliphatic carbocycles. The number of amides is 2. The van der Waals surface area contributed by atoms with Crippen molar-refractivity contribution in [1.82, 2.24) is 4.90 Å². The minimum Gasteiger partial charge on any atom is -0.479 e. The number of benzene rings is 1. The van der Waals surface area contributed by atoms with E-state index in [9.17, 15) is 19.1 Å². The van der Waals surface area contributed by atoms with Crippen LogP contribution in [0.3, 0.4) is 0 Å². The average Bonchev–Trinajstić information content (AvgIpc) is 2.87. The van der Waals surface area contributed by atoms with Crippen LogP contribution >= 0.6 is 0 Å². The number of rotatable bonds is 3. The molecule has 1 heterocycles. The summed E-state index contributed by atoms with van der Waals surface area (Å²) in [6.07, 6.45) is 1.37. The molecule has 1 unspecified atom stereocenters. The van der Waals surface area contributed by atoms with Gasteiger partial charge in [-0.1, -0.05) is 13.0 Å². The molecule has 1 aromatic carbocycles. The lowest BCUT2D eigenvalue weighted by atomic mass is 9.93. The number of carboxylic acids is 1. The number of hydrogen-bond donors (Lipinski definition) is 2. The lowest BCUT2D eigenvalue weighted by molar-refractivity contribution is -0.148. The van der Waals surface area contributed by atoms with Gasteiger partial charge in [0.15, 0.2) is 0 Å². The van der Waals surface area contributed by atoms with E-state index in [2.05, 4.69) is 5.32 Å². The fourth-order valence-electron chi connectivity index (χ4n) is 2.82. The van der Waals surface area contributed by atoms with Gasteiger partial charge in [-0.15, -0.1) is 0 Å². The standard InChI is InChI=1S/C15H19FN2O3/c1-3-15(13(19)20)7-4-8-18(15)14(21)17-12-6-5-10(2)9-11(12)16/h5-6,9H,3-4,7-8H2,1-2H3,(H,17,21)(H,19,20). The van der Waals surface area contributed by atoms with Gasteiger partial charge in [0, 0.05) is 6.54 Å². The minimum absolute atomic E-state index is 0.0629. The van der Waals surface area contributed by atoms with Gasteiger partial charge in [0.25, 0.3) is 0 Å². The molecule has 0 radical (unpaired) electrons. The fraction of sp³-hybridized carbons (Fsp3) is 0.467. The Morgan fingerprint density at radius 2 is 2.19 bits per heavy atom. The molecular weight excluding hydrogens is 275 g/mol. The highest BCUT2D eigenvalue weighted by atomic mass is 19.1. The maximum atomic E-state index is 13.8. The maximum absolute atomic E-state index is 13.8. The van der Waals surface area contributed by atoms with Gasteiger partial charge in [0.05, 0.1) is 5.69 Å². The maximum Gasteiger partial charge on any atom is 0.329 e. The number of nitrogens with zero attached hydrogens (tertiary/aromatic N) is 1. The summed E-state index contributed by atoms with van der Waals surface area (Å²) in [7, 11) is 0. The highest BCUT2D eigenvalue weighted by Gasteiger charge is 2.48. The van der Waals surface area contributed by atoms with Crippen LogP contribution in [0.2, 0.25) is 0 Å². The Labute approximate surface area is 122 Å². The van der Waals surface area contributed by atoms with Gasteiger partial charge in [-0.05, 0) is 43.9 Å². The van der Waals surface area contributed by atoms with Crippen molar-refractivity contribution < 1.29 is 19.1 Å². The van der Waals surface area contributed by atoms with Crippen LogP contribution in [0.25, 0.3) is 0 Å². The molecule has 1 atom stereocenters. The van der Waals surface area contributed by atoms with Crippen LogP contribution in [0.1, 0.15) is 31.7 Å². The molecular formula is C15H19FN2O3. The van der Waals surface area contributed by atoms with Crippen molar-refractivity contribution in [3.63, 3.8) is 0 Å². The highest BCUT2D eigenvalue weighted by Crippen LogP contribution is 2.33. The number of anilines is 1. The molecule has 2 N–H and O–H groups in total. The van der Waals surface area contributed by atoms with Crippen LogP contribution in [0, 0.1) is 12.7 Å². The number of carbonyl (C=O) groups excluding carboxylic acids is 1. The molecule has 0 spiro atoms. The topological polar surface area (TPSA) is 69.6 Å². The second-order valence-electron chi connectivity index (χ2n) is 5.36. The first-order valence-electron chi connectivity index (χ1n) is 6.99. The van der Waals surface area contributed by atoms with Gasteiger partial charge in [-0.25, -0.2) is 14.0 Å². The molecule has 1 saturated heterocycles. The van der Waals surface area contributed by atoms with Gasteiger partial charge in [-0.3, -0.25) is 0 Å². The predicted octanol–water partition coefficient (Wildman–Crippen LogP) is 3.00. The predicted molar refractivity (Wildman–Crippen MR) is 76.8 cm³/mol. The van der Waals surface area contributed by atoms with Crippen LogP contribution in [0.5, 0.6) is 0 Å². The molecule has 1 aliphatic rings. The second kappa shape index (κ2) is 5.71. The first-order chi connectivity index (χ1) is 9.90. The number of nitrogens with one attached hydrogen (secondary N) is 1. The number of carbonyl (C=O) groups is 2. The van der Waals surface area contributed by atoms with E-state index < -0.39 is 23.4 Å². The first-order valence-corrected chi connectivity index (χ1v) is 6.99. The molecule has 1 aliphatic heterocycles. The third kappa shape index (κ3) is 2.70. The molecule has 0 saturated carbocycles. The molecule has 114 valence electrons. The van der Waals surface area contributed by atoms with Gasteiger partial charge < -0.3 is 15.3 Å². The smallest absolute Gasteiger partial charge is 0.329 e. The van der Waals surface area contributed by atoms with Crippen LogP contribution in [-0.4, -0.2) is 34.1 Å². The monoisotopic (exact) mass is 294 g/mol. The van der Waals surface area contributed by atoms with E-state index in [1.54, 1.807) is 19.9 Å². The summed E-state index contributed by atoms with van der Waals surface area (Å²) >= 11 is 0. The van der Waals surface area contributed by atoms with Crippen molar-refractivity contribution in [2.75, 3.05) is 11.9 Å². The van der Waals surface area contributed by atoms with Gasteiger partial charge in [-0.2, -0.15) is 0 Å². The van der Waals surface area contributed by atoms with Crippen LogP contribution in [0.15, 0.2) is 18.2 Å². The number of urea groups is 1. The largest absolute Gasteiger partial charge is 0.479 e. The van der Waals surface area contributed by atoms with Crippen LogP contribution in [0.4, 0.5) is 14.9 Å². The Bertz CT molecular complexity index is 576. The number of hydrogen-bond acceptors (Lipinski definition) is 2. The lowest BCUT2D eigenvalue weighted by Crippen LogP contribution is -2.54. The summed E-state index contributed by atoms with van der Waals surface area (Å²) in [6.45, 7) is 3.85. The molecule has 0 bridgehead atoms. The molecule has 1 aromatic rings. The normalized spacial score (nSPS) is 21.4. The van der Waals surface area contributed by atoms with Crippen molar-refractivity contribution in [2.24, 2.45) is 0 Å². The summed E-state index contributed by atoms with van der Waals surface area (Å²) < 4.78 is 13.8. The number of likely N-dealkylation sites (tertiary alicyclic amines) is 1. The molecule has 1 fully saturated rings. The molecule has 21 heavy (non-hydrogen) atoms. The molecule has 2 rings (SSSR count). The van der Waals surface area contributed by atoms with Crippen LogP contribution in [-0.2, 0) is 4.79 Å². The van der Waals surface area contributed by atoms with E-state index in [0.29, 0.717) is 25.8 Å². The summed E-state index contributed by atoms with van der Waals surface area (Å²) in [5.74, 6) is -1.54. The SMILES string of the molecule is CCC1(C(=O)O)CCCN1C(=O)Nc1ccc(C)cc1F. The molecule has 5 nitrogen and oxygen atoms in total. The van der Waals surface area contributed by atoms with Crippen LogP contribution < -0.4 is 5.32 Å². The van der Waals surface area contributed by atoms with E-state index in [-0.39, 0.29) is 5.69 Å². The molecule has 6 heteroatoms. The number of aryl methyl sites for hydroxylation is 1. The summed E-state index contributed by atoms with van der Waals surface area (Å²) in [6, 6.07) is 3.92. The Balaban J connectivity index is 2.21. The number of carboxylic acid groups (broad SMARTS) is 1. The third-order valence-corrected chi connectivity index (χ3v) is 4.08. The molecule has 0 aromatic heterocycles. The summed E-state index contributed by atoms with van der Waals surface area (Å²) in [5.41, 5.74) is -0.376. The Kier molecular flexibility index (Phi) is 4.16.